The van der Waals surface area contributed by atoms with Crippen molar-refractivity contribution in [2.75, 3.05) is 13.1 Å². The van der Waals surface area contributed by atoms with Gasteiger partial charge in [-0.15, -0.1) is 0 Å². The summed E-state index contributed by atoms with van der Waals surface area (Å²) in [6.45, 7) is 7.52. The fourth-order valence-electron chi connectivity index (χ4n) is 4.60. The quantitative estimate of drug-likeness (QED) is 0.295. The highest BCUT2D eigenvalue weighted by molar-refractivity contribution is 7.89. The van der Waals surface area contributed by atoms with Crippen molar-refractivity contribution >= 4 is 32.7 Å². The maximum Gasteiger partial charge on any atom is 0.245 e. The molecule has 2 heterocycles. The topological polar surface area (TPSA) is 138 Å². The molecule has 0 saturated carbocycles. The molecule has 0 unspecified atom stereocenters. The van der Waals surface area contributed by atoms with Crippen molar-refractivity contribution in [3.05, 3.63) is 65.9 Å². The molecule has 1 fully saturated rings. The molecule has 11 heteroatoms. The number of fused-ring (bicyclic) bond motifs is 1. The molecule has 0 atom stereocenters. The van der Waals surface area contributed by atoms with Gasteiger partial charge in [-0.1, -0.05) is 39.0 Å². The molecule has 1 aliphatic heterocycles. The first-order valence-electron chi connectivity index (χ1n) is 12.2. The molecular weight excluding hydrogens is 508 g/mol. The number of hydrogen-bond acceptors (Lipinski definition) is 7. The zero-order chi connectivity index (χ0) is 27.7. The number of likely N-dealkylation sites (tertiary alicyclic amines) is 1. The van der Waals surface area contributed by atoms with E-state index in [1.165, 1.54) is 17.0 Å². The second kappa shape index (κ2) is 10.3. The lowest BCUT2D eigenvalue weighted by atomic mass is 9.83. The Hall–Kier alpha value is -3.54. The van der Waals surface area contributed by atoms with Gasteiger partial charge in [-0.3, -0.25) is 19.8 Å². The minimum atomic E-state index is -4.05. The predicted molar refractivity (Wildman–Crippen MR) is 141 cm³/mol. The van der Waals surface area contributed by atoms with Crippen LogP contribution in [0.15, 0.2) is 59.5 Å². The van der Waals surface area contributed by atoms with Gasteiger partial charge in [0.15, 0.2) is 0 Å². The monoisotopic (exact) mass is 540 g/mol. The molecule has 38 heavy (non-hydrogen) atoms. The zero-order valence-electron chi connectivity index (χ0n) is 21.8. The van der Waals surface area contributed by atoms with Crippen LogP contribution in [0.1, 0.15) is 38.4 Å². The van der Waals surface area contributed by atoms with Crippen molar-refractivity contribution in [1.82, 2.24) is 20.1 Å². The summed E-state index contributed by atoms with van der Waals surface area (Å²) in [4.78, 5) is 30.5. The highest BCUT2D eigenvalue weighted by Crippen LogP contribution is 2.31. The van der Waals surface area contributed by atoms with Gasteiger partial charge < -0.3 is 9.64 Å². The van der Waals surface area contributed by atoms with Crippen molar-refractivity contribution in [1.29, 1.82) is 0 Å². The summed E-state index contributed by atoms with van der Waals surface area (Å²) in [5.74, 6) is -0.420. The lowest BCUT2D eigenvalue weighted by Crippen LogP contribution is -2.73. The lowest BCUT2D eigenvalue weighted by Gasteiger charge is -2.51. The second-order valence-electron chi connectivity index (χ2n) is 10.7. The van der Waals surface area contributed by atoms with Gasteiger partial charge in [0.1, 0.15) is 12.4 Å². The summed E-state index contributed by atoms with van der Waals surface area (Å²) in [6, 6.07) is 15.7. The molecule has 202 valence electrons. The molecule has 2 aromatic carbocycles. The molecule has 2 amide bonds. The molecule has 1 aliphatic rings. The normalized spacial score (nSPS) is 15.1. The number of carbonyl (C=O) groups excluding carboxylic acids is 2. The van der Waals surface area contributed by atoms with Crippen molar-refractivity contribution in [2.24, 2.45) is 5.41 Å². The van der Waals surface area contributed by atoms with E-state index in [0.29, 0.717) is 5.75 Å². The van der Waals surface area contributed by atoms with Crippen LogP contribution in [-0.2, 0) is 26.2 Å². The van der Waals surface area contributed by atoms with Crippen LogP contribution >= 0.6 is 0 Å². The van der Waals surface area contributed by atoms with Gasteiger partial charge in [0, 0.05) is 35.1 Å². The molecule has 4 rings (SSSR count). The molecule has 3 N–H and O–H groups in total. The van der Waals surface area contributed by atoms with E-state index in [1.54, 1.807) is 38.4 Å². The van der Waals surface area contributed by atoms with Crippen LogP contribution in [0.3, 0.4) is 0 Å². The second-order valence-corrected chi connectivity index (χ2v) is 12.4. The largest absolute Gasteiger partial charge is 0.489 e. The summed E-state index contributed by atoms with van der Waals surface area (Å²) in [5, 5.41) is 9.98. The number of carbonyl (C=O) groups is 2. The third kappa shape index (κ3) is 5.95. The average Bonchev–Trinajstić information content (AvgIpc) is 2.84. The number of amides is 2. The zero-order valence-corrected chi connectivity index (χ0v) is 22.6. The van der Waals surface area contributed by atoms with E-state index in [9.17, 15) is 18.0 Å². The number of hydroxylamine groups is 1. The number of rotatable bonds is 8. The Bertz CT molecular complexity index is 1460. The standard InChI is InChI=1S/C27H32N4O6S/c1-18-13-19(22-7-5-6-8-23(22)28-18)15-37-20-9-11-21(12-10-20)38(35,36)30-27(14-24(32)29-34)16-31(17-27)25(33)26(2,3)4/h5-13,30,34H,14-17H2,1-4H3,(H,29,32). The summed E-state index contributed by atoms with van der Waals surface area (Å²) < 4.78 is 34.9. The van der Waals surface area contributed by atoms with Crippen molar-refractivity contribution < 1.29 is 28.0 Å². The minimum absolute atomic E-state index is 0.0102. The minimum Gasteiger partial charge on any atom is -0.489 e. The molecule has 0 spiro atoms. The van der Waals surface area contributed by atoms with Crippen molar-refractivity contribution in [3.8, 4) is 5.75 Å². The Balaban J connectivity index is 1.47. The highest BCUT2D eigenvalue weighted by Gasteiger charge is 2.50. The molecule has 10 nitrogen and oxygen atoms in total. The van der Waals surface area contributed by atoms with Gasteiger partial charge in [0.2, 0.25) is 21.8 Å². The van der Waals surface area contributed by atoms with E-state index >= 15 is 0 Å². The van der Waals surface area contributed by atoms with Gasteiger partial charge in [0.25, 0.3) is 0 Å². The number of nitrogens with one attached hydrogen (secondary N) is 2. The number of sulfonamides is 1. The first-order valence-corrected chi connectivity index (χ1v) is 13.6. The van der Waals surface area contributed by atoms with Crippen LogP contribution in [0, 0.1) is 12.3 Å². The van der Waals surface area contributed by atoms with Crippen LogP contribution in [0.2, 0.25) is 0 Å². The third-order valence-corrected chi connectivity index (χ3v) is 7.94. The molecule has 1 aromatic heterocycles. The van der Waals surface area contributed by atoms with Crippen LogP contribution in [0.5, 0.6) is 5.75 Å². The molecule has 1 saturated heterocycles. The van der Waals surface area contributed by atoms with Gasteiger partial charge in [0.05, 0.1) is 22.4 Å². The first-order chi connectivity index (χ1) is 17.8. The Kier molecular flexibility index (Phi) is 7.46. The maximum absolute atomic E-state index is 13.2. The number of ether oxygens (including phenoxy) is 1. The number of hydrogen-bond donors (Lipinski definition) is 3. The smallest absolute Gasteiger partial charge is 0.245 e. The number of pyridine rings is 1. The Morgan fingerprint density at radius 3 is 2.39 bits per heavy atom. The Morgan fingerprint density at radius 1 is 1.11 bits per heavy atom. The van der Waals surface area contributed by atoms with Crippen LogP contribution in [0.25, 0.3) is 10.9 Å². The van der Waals surface area contributed by atoms with E-state index in [4.69, 9.17) is 9.94 Å². The van der Waals surface area contributed by atoms with Crippen molar-refractivity contribution in [2.45, 2.75) is 51.2 Å². The molecule has 0 radical (unpaired) electrons. The number of benzene rings is 2. The number of aromatic nitrogens is 1. The van der Waals surface area contributed by atoms with Gasteiger partial charge in [-0.2, -0.15) is 0 Å². The van der Waals surface area contributed by atoms with Crippen LogP contribution in [-0.4, -0.2) is 54.0 Å². The highest BCUT2D eigenvalue weighted by atomic mass is 32.2. The van der Waals surface area contributed by atoms with E-state index in [-0.39, 0.29) is 36.9 Å². The number of para-hydroxylation sites is 1. The Morgan fingerprint density at radius 2 is 1.76 bits per heavy atom. The van der Waals surface area contributed by atoms with Gasteiger partial charge >= 0.3 is 0 Å². The number of aryl methyl sites for hydroxylation is 1. The summed E-state index contributed by atoms with van der Waals surface area (Å²) in [7, 11) is -4.05. The fraction of sp³-hybridized carbons (Fsp3) is 0.370. The van der Waals surface area contributed by atoms with Gasteiger partial charge in [-0.25, -0.2) is 18.6 Å². The molecule has 0 bridgehead atoms. The van der Waals surface area contributed by atoms with Crippen LogP contribution in [0.4, 0.5) is 0 Å². The maximum atomic E-state index is 13.2. The van der Waals surface area contributed by atoms with E-state index < -0.39 is 26.9 Å². The first kappa shape index (κ1) is 27.5. The Labute approximate surface area is 222 Å². The van der Waals surface area contributed by atoms with E-state index in [1.807, 2.05) is 37.3 Å². The summed E-state index contributed by atoms with van der Waals surface area (Å²) in [6.07, 6.45) is -0.322. The number of nitrogens with zero attached hydrogens (tertiary/aromatic N) is 2. The average molecular weight is 541 g/mol. The SMILES string of the molecule is Cc1cc(COc2ccc(S(=O)(=O)NC3(CC(=O)NO)CN(C(=O)C(C)(C)C)C3)cc2)c2ccccc2n1. The molecule has 3 aromatic rings. The summed E-state index contributed by atoms with van der Waals surface area (Å²) in [5.41, 5.74) is 2.37. The summed E-state index contributed by atoms with van der Waals surface area (Å²) >= 11 is 0. The van der Waals surface area contributed by atoms with Crippen LogP contribution < -0.4 is 14.9 Å². The van der Waals surface area contributed by atoms with Gasteiger partial charge in [-0.05, 0) is 43.3 Å². The van der Waals surface area contributed by atoms with E-state index in [0.717, 1.165) is 22.2 Å². The third-order valence-electron chi connectivity index (χ3n) is 6.35. The molecule has 0 aliphatic carbocycles. The van der Waals surface area contributed by atoms with E-state index in [2.05, 4.69) is 9.71 Å². The lowest BCUT2D eigenvalue weighted by molar-refractivity contribution is -0.150. The fourth-order valence-corrected chi connectivity index (χ4v) is 5.98. The predicted octanol–water partition coefficient (Wildman–Crippen LogP) is 2.92. The van der Waals surface area contributed by atoms with Crippen molar-refractivity contribution in [3.63, 3.8) is 0 Å². The molecular formula is C27H32N4O6S.